The molecule has 0 saturated heterocycles. The first-order valence-electron chi connectivity index (χ1n) is 6.11. The molecular weight excluding hydrogens is 282 g/mol. The first-order chi connectivity index (χ1) is 9.79. The Hall–Kier alpha value is -2.32. The fraction of sp³-hybridized carbons (Fsp3) is 0.385. The number of hydrogen-bond donors (Lipinski definition) is 2. The van der Waals surface area contributed by atoms with Gasteiger partial charge in [0.25, 0.3) is 5.69 Å². The second-order valence-electron chi connectivity index (χ2n) is 4.23. The van der Waals surface area contributed by atoms with Gasteiger partial charge < -0.3 is 14.9 Å². The second kappa shape index (κ2) is 6.91. The van der Waals surface area contributed by atoms with E-state index >= 15 is 0 Å². The lowest BCUT2D eigenvalue weighted by atomic mass is 9.99. The first kappa shape index (κ1) is 16.7. The van der Waals surface area contributed by atoms with Crippen molar-refractivity contribution in [3.63, 3.8) is 0 Å². The van der Waals surface area contributed by atoms with Crippen LogP contribution in [0.15, 0.2) is 18.2 Å². The standard InChI is InChI=1S/C13H15NO7/c1-3-21-13(18)12(17)11(16)9-5-4-8(7(2)15)6-10(9)14(19)20/h4-6,11-12,16-17H,3H2,1-2H3. The highest BCUT2D eigenvalue weighted by Crippen LogP contribution is 2.29. The average Bonchev–Trinajstić information content (AvgIpc) is 2.45. The van der Waals surface area contributed by atoms with Gasteiger partial charge in [0.05, 0.1) is 17.1 Å². The molecular formula is C13H15NO7. The monoisotopic (exact) mass is 297 g/mol. The fourth-order valence-electron chi connectivity index (χ4n) is 1.70. The van der Waals surface area contributed by atoms with Crippen molar-refractivity contribution >= 4 is 17.4 Å². The lowest BCUT2D eigenvalue weighted by Crippen LogP contribution is -2.30. The van der Waals surface area contributed by atoms with Gasteiger partial charge in [-0.1, -0.05) is 6.07 Å². The number of carbonyl (C=O) groups is 2. The molecule has 21 heavy (non-hydrogen) atoms. The number of Topliss-reactive ketones (excluding diaryl/α,β-unsaturated/α-hetero) is 1. The molecule has 2 atom stereocenters. The Kier molecular flexibility index (Phi) is 5.51. The predicted molar refractivity (Wildman–Crippen MR) is 70.7 cm³/mol. The third kappa shape index (κ3) is 3.83. The van der Waals surface area contributed by atoms with Crippen molar-refractivity contribution in [2.24, 2.45) is 0 Å². The Morgan fingerprint density at radius 1 is 1.38 bits per heavy atom. The van der Waals surface area contributed by atoms with Crippen LogP contribution in [-0.2, 0) is 9.53 Å². The number of esters is 1. The van der Waals surface area contributed by atoms with E-state index in [4.69, 9.17) is 0 Å². The zero-order valence-corrected chi connectivity index (χ0v) is 11.5. The van der Waals surface area contributed by atoms with Gasteiger partial charge in [-0.05, 0) is 19.9 Å². The van der Waals surface area contributed by atoms with E-state index in [1.165, 1.54) is 19.9 Å². The molecule has 0 aliphatic rings. The molecule has 0 saturated carbocycles. The Morgan fingerprint density at radius 3 is 2.48 bits per heavy atom. The lowest BCUT2D eigenvalue weighted by Gasteiger charge is -2.17. The van der Waals surface area contributed by atoms with Gasteiger partial charge >= 0.3 is 5.97 Å². The van der Waals surface area contributed by atoms with Crippen LogP contribution in [0.2, 0.25) is 0 Å². The van der Waals surface area contributed by atoms with Gasteiger partial charge in [-0.15, -0.1) is 0 Å². The van der Waals surface area contributed by atoms with Gasteiger partial charge in [-0.3, -0.25) is 14.9 Å². The lowest BCUT2D eigenvalue weighted by molar-refractivity contribution is -0.386. The highest BCUT2D eigenvalue weighted by atomic mass is 16.6. The van der Waals surface area contributed by atoms with Gasteiger partial charge in [0.15, 0.2) is 11.9 Å². The molecule has 0 aliphatic carbocycles. The van der Waals surface area contributed by atoms with Crippen LogP contribution in [0.5, 0.6) is 0 Å². The Balaban J connectivity index is 3.20. The molecule has 2 unspecified atom stereocenters. The number of benzene rings is 1. The molecule has 0 fully saturated rings. The van der Waals surface area contributed by atoms with Crippen molar-refractivity contribution in [1.82, 2.24) is 0 Å². The van der Waals surface area contributed by atoms with Crippen molar-refractivity contribution in [3.05, 3.63) is 39.4 Å². The number of nitro benzene ring substituents is 1. The maximum absolute atomic E-state index is 11.4. The van der Waals surface area contributed by atoms with Crippen LogP contribution < -0.4 is 0 Å². The Labute approximate surface area is 120 Å². The van der Waals surface area contributed by atoms with E-state index in [1.54, 1.807) is 0 Å². The normalized spacial score (nSPS) is 13.3. The molecule has 8 nitrogen and oxygen atoms in total. The number of nitrogens with zero attached hydrogens (tertiary/aromatic N) is 1. The minimum Gasteiger partial charge on any atom is -0.464 e. The summed E-state index contributed by atoms with van der Waals surface area (Å²) >= 11 is 0. The number of aliphatic hydroxyl groups excluding tert-OH is 2. The number of hydrogen-bond acceptors (Lipinski definition) is 7. The molecule has 0 aliphatic heterocycles. The van der Waals surface area contributed by atoms with E-state index in [0.29, 0.717) is 0 Å². The zero-order valence-electron chi connectivity index (χ0n) is 11.5. The van der Waals surface area contributed by atoms with E-state index in [2.05, 4.69) is 4.74 Å². The highest BCUT2D eigenvalue weighted by Gasteiger charge is 2.32. The molecule has 0 amide bonds. The van der Waals surface area contributed by atoms with E-state index in [-0.39, 0.29) is 23.5 Å². The number of carbonyl (C=O) groups excluding carboxylic acids is 2. The summed E-state index contributed by atoms with van der Waals surface area (Å²) in [5.41, 5.74) is -0.743. The minimum atomic E-state index is -1.95. The quantitative estimate of drug-likeness (QED) is 0.343. The summed E-state index contributed by atoms with van der Waals surface area (Å²) in [5.74, 6) is -1.47. The third-order valence-corrected chi connectivity index (χ3v) is 2.78. The first-order valence-corrected chi connectivity index (χ1v) is 6.11. The van der Waals surface area contributed by atoms with E-state index in [1.807, 2.05) is 0 Å². The predicted octanol–water partition coefficient (Wildman–Crippen LogP) is 0.755. The van der Waals surface area contributed by atoms with Gasteiger partial charge in [0.1, 0.15) is 6.10 Å². The van der Waals surface area contributed by atoms with Crippen molar-refractivity contribution in [1.29, 1.82) is 0 Å². The Morgan fingerprint density at radius 2 is 2.00 bits per heavy atom. The zero-order chi connectivity index (χ0) is 16.2. The van der Waals surface area contributed by atoms with Crippen LogP contribution in [0.3, 0.4) is 0 Å². The topological polar surface area (TPSA) is 127 Å². The molecule has 1 aromatic carbocycles. The second-order valence-corrected chi connectivity index (χ2v) is 4.23. The number of aliphatic hydroxyl groups is 2. The number of ether oxygens (including phenoxy) is 1. The van der Waals surface area contributed by atoms with Gasteiger partial charge in [-0.2, -0.15) is 0 Å². The minimum absolute atomic E-state index is 0.00597. The molecule has 0 heterocycles. The largest absolute Gasteiger partial charge is 0.464 e. The highest BCUT2D eigenvalue weighted by molar-refractivity contribution is 5.94. The maximum Gasteiger partial charge on any atom is 0.338 e. The summed E-state index contributed by atoms with van der Waals surface area (Å²) in [6.45, 7) is 2.75. The van der Waals surface area contributed by atoms with Gasteiger partial charge in [0, 0.05) is 11.6 Å². The van der Waals surface area contributed by atoms with Crippen molar-refractivity contribution in [2.45, 2.75) is 26.1 Å². The average molecular weight is 297 g/mol. The van der Waals surface area contributed by atoms with Gasteiger partial charge in [0.2, 0.25) is 0 Å². The van der Waals surface area contributed by atoms with Gasteiger partial charge in [-0.25, -0.2) is 4.79 Å². The molecule has 0 spiro atoms. The maximum atomic E-state index is 11.4. The molecule has 1 rings (SSSR count). The SMILES string of the molecule is CCOC(=O)C(O)C(O)c1ccc(C(C)=O)cc1[N+](=O)[O-]. The van der Waals surface area contributed by atoms with Crippen LogP contribution in [-0.4, -0.2) is 39.6 Å². The Bertz CT molecular complexity index is 570. The van der Waals surface area contributed by atoms with E-state index < -0.39 is 28.8 Å². The molecule has 0 bridgehead atoms. The molecule has 114 valence electrons. The summed E-state index contributed by atoms with van der Waals surface area (Å²) in [7, 11) is 0. The molecule has 0 aromatic heterocycles. The number of nitro groups is 1. The van der Waals surface area contributed by atoms with E-state index in [0.717, 1.165) is 12.1 Å². The molecule has 1 aromatic rings. The summed E-state index contributed by atoms with van der Waals surface area (Å²) in [5, 5.41) is 30.6. The van der Waals surface area contributed by atoms with Crippen LogP contribution in [0.1, 0.15) is 35.9 Å². The van der Waals surface area contributed by atoms with Crippen molar-refractivity contribution in [3.8, 4) is 0 Å². The van der Waals surface area contributed by atoms with E-state index in [9.17, 15) is 29.9 Å². The van der Waals surface area contributed by atoms with Crippen molar-refractivity contribution in [2.75, 3.05) is 6.61 Å². The smallest absolute Gasteiger partial charge is 0.338 e. The summed E-state index contributed by atoms with van der Waals surface area (Å²) in [6.07, 6.45) is -3.78. The molecule has 8 heteroatoms. The number of ketones is 1. The fourth-order valence-corrected chi connectivity index (χ4v) is 1.70. The van der Waals surface area contributed by atoms with Crippen LogP contribution in [0.25, 0.3) is 0 Å². The summed E-state index contributed by atoms with van der Waals surface area (Å²) < 4.78 is 4.54. The van der Waals surface area contributed by atoms with Crippen LogP contribution in [0, 0.1) is 10.1 Å². The van der Waals surface area contributed by atoms with Crippen LogP contribution >= 0.6 is 0 Å². The summed E-state index contributed by atoms with van der Waals surface area (Å²) in [4.78, 5) is 32.8. The number of rotatable bonds is 6. The van der Waals surface area contributed by atoms with Crippen LogP contribution in [0.4, 0.5) is 5.69 Å². The van der Waals surface area contributed by atoms with Crippen molar-refractivity contribution < 1.29 is 29.5 Å². The molecule has 0 radical (unpaired) electrons. The summed E-state index contributed by atoms with van der Waals surface area (Å²) in [6, 6.07) is 3.38. The molecule has 2 N–H and O–H groups in total. The third-order valence-electron chi connectivity index (χ3n) is 2.78.